The Hall–Kier alpha value is -3.40. The summed E-state index contributed by atoms with van der Waals surface area (Å²) in [5, 5.41) is 2.42. The molecule has 0 spiro atoms. The zero-order chi connectivity index (χ0) is 21.9. The average molecular weight is 438 g/mol. The van der Waals surface area contributed by atoms with Crippen LogP contribution in [0, 0.1) is 5.82 Å². The largest absolute Gasteiger partial charge is 0.416 e. The van der Waals surface area contributed by atoms with Crippen molar-refractivity contribution in [1.82, 2.24) is 0 Å². The first-order valence-corrected chi connectivity index (χ1v) is 9.90. The van der Waals surface area contributed by atoms with Crippen LogP contribution in [0.25, 0.3) is 0 Å². The van der Waals surface area contributed by atoms with Gasteiger partial charge in [-0.25, -0.2) is 12.8 Å². The van der Waals surface area contributed by atoms with Crippen molar-refractivity contribution in [2.24, 2.45) is 0 Å². The van der Waals surface area contributed by atoms with Gasteiger partial charge in [0.25, 0.3) is 15.9 Å². The molecular formula is C20H14F4N2O3S. The number of nitrogens with one attached hydrogen (secondary N) is 2. The number of anilines is 2. The molecule has 0 radical (unpaired) electrons. The maximum atomic E-state index is 13.7. The minimum absolute atomic E-state index is 0.0831. The van der Waals surface area contributed by atoms with Crippen LogP contribution in [0.15, 0.2) is 77.7 Å². The number of rotatable bonds is 5. The summed E-state index contributed by atoms with van der Waals surface area (Å²) in [6.45, 7) is 0. The van der Waals surface area contributed by atoms with E-state index < -0.39 is 33.5 Å². The molecule has 0 atom stereocenters. The molecule has 2 N–H and O–H groups in total. The SMILES string of the molecule is O=C(Nc1ccc(C(F)(F)F)cc1)c1ccc(S(=O)(=O)Nc2ccccc2F)cc1. The lowest BCUT2D eigenvalue weighted by molar-refractivity contribution is -0.137. The van der Waals surface area contributed by atoms with Crippen molar-refractivity contribution in [3.05, 3.63) is 89.7 Å². The molecule has 0 aliphatic rings. The highest BCUT2D eigenvalue weighted by Crippen LogP contribution is 2.30. The number of para-hydroxylation sites is 1. The second kappa shape index (κ2) is 8.15. The van der Waals surface area contributed by atoms with Crippen LogP contribution in [-0.4, -0.2) is 14.3 Å². The molecule has 0 heterocycles. The van der Waals surface area contributed by atoms with Gasteiger partial charge in [0.2, 0.25) is 0 Å². The molecule has 0 fully saturated rings. The smallest absolute Gasteiger partial charge is 0.322 e. The first-order valence-electron chi connectivity index (χ1n) is 8.42. The number of sulfonamides is 1. The van der Waals surface area contributed by atoms with Gasteiger partial charge in [0, 0.05) is 11.3 Å². The van der Waals surface area contributed by atoms with E-state index in [2.05, 4.69) is 10.0 Å². The molecule has 1 amide bonds. The fraction of sp³-hybridized carbons (Fsp3) is 0.0500. The molecular weight excluding hydrogens is 424 g/mol. The molecule has 3 aromatic rings. The van der Waals surface area contributed by atoms with Crippen LogP contribution >= 0.6 is 0 Å². The molecule has 3 rings (SSSR count). The van der Waals surface area contributed by atoms with Gasteiger partial charge >= 0.3 is 6.18 Å². The molecule has 0 aliphatic carbocycles. The van der Waals surface area contributed by atoms with Gasteiger partial charge in [-0.15, -0.1) is 0 Å². The Kier molecular flexibility index (Phi) is 5.79. The fourth-order valence-corrected chi connectivity index (χ4v) is 3.55. The molecule has 3 aromatic carbocycles. The zero-order valence-electron chi connectivity index (χ0n) is 15.1. The Bertz CT molecular complexity index is 1160. The number of hydrogen-bond donors (Lipinski definition) is 2. The van der Waals surface area contributed by atoms with Gasteiger partial charge < -0.3 is 5.32 Å². The summed E-state index contributed by atoms with van der Waals surface area (Å²) in [6.07, 6.45) is -4.49. The van der Waals surface area contributed by atoms with Crippen LogP contribution in [0.2, 0.25) is 0 Å². The van der Waals surface area contributed by atoms with Gasteiger partial charge in [0.15, 0.2) is 0 Å². The van der Waals surface area contributed by atoms with Crippen LogP contribution in [0.3, 0.4) is 0 Å². The van der Waals surface area contributed by atoms with Crippen molar-refractivity contribution in [3.63, 3.8) is 0 Å². The van der Waals surface area contributed by atoms with E-state index in [9.17, 15) is 30.8 Å². The van der Waals surface area contributed by atoms with Crippen molar-refractivity contribution in [2.45, 2.75) is 11.1 Å². The fourth-order valence-electron chi connectivity index (χ4n) is 2.48. The third-order valence-electron chi connectivity index (χ3n) is 4.02. The Morgan fingerprint density at radius 2 is 1.43 bits per heavy atom. The zero-order valence-corrected chi connectivity index (χ0v) is 15.9. The van der Waals surface area contributed by atoms with Crippen molar-refractivity contribution < 1.29 is 30.8 Å². The van der Waals surface area contributed by atoms with Gasteiger partial charge in [0.1, 0.15) is 5.82 Å². The molecule has 5 nitrogen and oxygen atoms in total. The molecule has 0 aromatic heterocycles. The Morgan fingerprint density at radius 1 is 0.833 bits per heavy atom. The van der Waals surface area contributed by atoms with Crippen LogP contribution in [0.4, 0.5) is 28.9 Å². The summed E-state index contributed by atoms with van der Waals surface area (Å²) in [5.41, 5.74) is -0.843. The third kappa shape index (κ3) is 4.95. The Labute approximate surface area is 169 Å². The van der Waals surface area contributed by atoms with Gasteiger partial charge in [0.05, 0.1) is 16.1 Å². The predicted octanol–water partition coefficient (Wildman–Crippen LogP) is 4.90. The Morgan fingerprint density at radius 3 is 2.00 bits per heavy atom. The summed E-state index contributed by atoms with van der Waals surface area (Å²) in [7, 11) is -4.08. The van der Waals surface area contributed by atoms with E-state index in [4.69, 9.17) is 0 Å². The van der Waals surface area contributed by atoms with Gasteiger partial charge in [-0.1, -0.05) is 12.1 Å². The summed E-state index contributed by atoms with van der Waals surface area (Å²) in [6, 6.07) is 13.9. The number of halogens is 4. The number of carbonyl (C=O) groups is 1. The summed E-state index contributed by atoms with van der Waals surface area (Å²) in [4.78, 5) is 12.0. The maximum Gasteiger partial charge on any atom is 0.416 e. The minimum atomic E-state index is -4.49. The second-order valence-electron chi connectivity index (χ2n) is 6.14. The molecule has 0 bridgehead atoms. The molecule has 0 saturated heterocycles. The van der Waals surface area contributed by atoms with E-state index in [1.165, 1.54) is 30.3 Å². The first-order chi connectivity index (χ1) is 14.1. The molecule has 156 valence electrons. The molecule has 0 aliphatic heterocycles. The summed E-state index contributed by atoms with van der Waals surface area (Å²) >= 11 is 0. The highest BCUT2D eigenvalue weighted by Gasteiger charge is 2.30. The minimum Gasteiger partial charge on any atom is -0.322 e. The number of hydrogen-bond acceptors (Lipinski definition) is 3. The second-order valence-corrected chi connectivity index (χ2v) is 7.82. The highest BCUT2D eigenvalue weighted by molar-refractivity contribution is 7.92. The summed E-state index contributed by atoms with van der Waals surface area (Å²) < 4.78 is 78.2. The predicted molar refractivity (Wildman–Crippen MR) is 103 cm³/mol. The molecule has 30 heavy (non-hydrogen) atoms. The van der Waals surface area contributed by atoms with E-state index in [0.29, 0.717) is 0 Å². The monoisotopic (exact) mass is 438 g/mol. The quantitative estimate of drug-likeness (QED) is 0.557. The molecule has 10 heteroatoms. The van der Waals surface area contributed by atoms with Crippen molar-refractivity contribution in [3.8, 4) is 0 Å². The van der Waals surface area contributed by atoms with Crippen molar-refractivity contribution >= 4 is 27.3 Å². The van der Waals surface area contributed by atoms with E-state index in [1.807, 2.05) is 0 Å². The van der Waals surface area contributed by atoms with Gasteiger partial charge in [-0.3, -0.25) is 9.52 Å². The van der Waals surface area contributed by atoms with E-state index in [1.54, 1.807) is 0 Å². The number of amides is 1. The normalized spacial score (nSPS) is 11.7. The summed E-state index contributed by atoms with van der Waals surface area (Å²) in [5.74, 6) is -1.38. The van der Waals surface area contributed by atoms with Crippen molar-refractivity contribution in [2.75, 3.05) is 10.0 Å². The lowest BCUT2D eigenvalue weighted by Crippen LogP contribution is -2.15. The first kappa shape index (κ1) is 21.3. The van der Waals surface area contributed by atoms with Crippen molar-refractivity contribution in [1.29, 1.82) is 0 Å². The number of alkyl halides is 3. The lowest BCUT2D eigenvalue weighted by Gasteiger charge is -2.10. The lowest BCUT2D eigenvalue weighted by atomic mass is 10.2. The Balaban J connectivity index is 1.72. The van der Waals surface area contributed by atoms with Crippen LogP contribution < -0.4 is 10.0 Å². The third-order valence-corrected chi connectivity index (χ3v) is 5.40. The van der Waals surface area contributed by atoms with Gasteiger partial charge in [-0.05, 0) is 60.7 Å². The van der Waals surface area contributed by atoms with Crippen LogP contribution in [0.5, 0.6) is 0 Å². The molecule has 0 unspecified atom stereocenters. The van der Waals surface area contributed by atoms with Gasteiger partial charge in [-0.2, -0.15) is 13.2 Å². The highest BCUT2D eigenvalue weighted by atomic mass is 32.2. The van der Waals surface area contributed by atoms with E-state index in [0.717, 1.165) is 42.5 Å². The molecule has 0 saturated carbocycles. The van der Waals surface area contributed by atoms with Crippen LogP contribution in [-0.2, 0) is 16.2 Å². The topological polar surface area (TPSA) is 75.3 Å². The maximum absolute atomic E-state index is 13.7. The average Bonchev–Trinajstić information content (AvgIpc) is 2.69. The van der Waals surface area contributed by atoms with E-state index in [-0.39, 0.29) is 21.8 Å². The standard InChI is InChI=1S/C20H14F4N2O3S/c21-17-3-1-2-4-18(17)26-30(28,29)16-11-5-13(6-12-16)19(27)25-15-9-7-14(8-10-15)20(22,23)24/h1-12,26H,(H,25,27). The number of benzene rings is 3. The van der Waals surface area contributed by atoms with Crippen LogP contribution in [0.1, 0.15) is 15.9 Å². The van der Waals surface area contributed by atoms with E-state index >= 15 is 0 Å². The number of carbonyl (C=O) groups excluding carboxylic acids is 1.